The number of para-hydroxylation sites is 1. The molecule has 2 aromatic carbocycles. The van der Waals surface area contributed by atoms with Crippen LogP contribution in [0.5, 0.6) is 5.75 Å². The molecule has 2 amide bonds. The Hall–Kier alpha value is -2.50. The predicted molar refractivity (Wildman–Crippen MR) is 108 cm³/mol. The van der Waals surface area contributed by atoms with Gasteiger partial charge < -0.3 is 10.1 Å². The van der Waals surface area contributed by atoms with Crippen molar-refractivity contribution in [1.29, 1.82) is 0 Å². The van der Waals surface area contributed by atoms with Crippen LogP contribution in [0.1, 0.15) is 18.1 Å². The van der Waals surface area contributed by atoms with E-state index in [1.807, 2.05) is 31.2 Å². The van der Waals surface area contributed by atoms with Gasteiger partial charge in [0.2, 0.25) is 0 Å². The fourth-order valence-electron chi connectivity index (χ4n) is 2.90. The third-order valence-corrected chi connectivity index (χ3v) is 5.14. The first-order chi connectivity index (χ1) is 12.9. The van der Waals surface area contributed by atoms with Gasteiger partial charge in [0.1, 0.15) is 16.5 Å². The van der Waals surface area contributed by atoms with Crippen LogP contribution in [0.3, 0.4) is 0 Å². The zero-order chi connectivity index (χ0) is 19.7. The van der Waals surface area contributed by atoms with E-state index < -0.39 is 11.8 Å². The molecular formula is C20H18Cl2N2O3. The molecule has 0 bridgehead atoms. The van der Waals surface area contributed by atoms with Crippen LogP contribution in [0.25, 0.3) is 0 Å². The Balaban J connectivity index is 2.01. The van der Waals surface area contributed by atoms with Crippen LogP contribution in [0.15, 0.2) is 47.1 Å². The topological polar surface area (TPSA) is 58.6 Å². The van der Waals surface area contributed by atoms with Crippen LogP contribution >= 0.6 is 23.2 Å². The molecule has 0 fully saturated rings. The average Bonchev–Trinajstić information content (AvgIpc) is 2.87. The second-order valence-electron chi connectivity index (χ2n) is 6.04. The highest BCUT2D eigenvalue weighted by atomic mass is 35.5. The fraction of sp³-hybridized carbons (Fsp3) is 0.200. The molecule has 0 aliphatic carbocycles. The number of hydrogen-bond acceptors (Lipinski definition) is 4. The van der Waals surface area contributed by atoms with Crippen molar-refractivity contribution in [2.75, 3.05) is 17.3 Å². The highest BCUT2D eigenvalue weighted by Crippen LogP contribution is 2.38. The molecule has 0 unspecified atom stereocenters. The number of benzene rings is 2. The molecule has 2 aromatic rings. The number of nitrogens with one attached hydrogen (secondary N) is 1. The van der Waals surface area contributed by atoms with E-state index in [1.165, 1.54) is 7.11 Å². The first kappa shape index (κ1) is 19.3. The van der Waals surface area contributed by atoms with Crippen molar-refractivity contribution in [2.24, 2.45) is 0 Å². The number of aryl methyl sites for hydroxylation is 2. The van der Waals surface area contributed by atoms with Gasteiger partial charge in [0, 0.05) is 16.8 Å². The summed E-state index contributed by atoms with van der Waals surface area (Å²) >= 11 is 12.3. The number of hydrogen-bond donors (Lipinski definition) is 1. The normalized spacial score (nSPS) is 14.2. The van der Waals surface area contributed by atoms with E-state index in [9.17, 15) is 9.59 Å². The summed E-state index contributed by atoms with van der Waals surface area (Å²) in [6.45, 7) is 3.79. The average molecular weight is 405 g/mol. The van der Waals surface area contributed by atoms with E-state index in [1.54, 1.807) is 19.1 Å². The second-order valence-corrected chi connectivity index (χ2v) is 6.83. The molecule has 1 aliphatic heterocycles. The van der Waals surface area contributed by atoms with Gasteiger partial charge in [0.05, 0.1) is 12.8 Å². The van der Waals surface area contributed by atoms with E-state index in [2.05, 4.69) is 5.32 Å². The van der Waals surface area contributed by atoms with Crippen molar-refractivity contribution in [3.05, 3.63) is 63.3 Å². The van der Waals surface area contributed by atoms with Crippen molar-refractivity contribution in [3.8, 4) is 5.75 Å². The van der Waals surface area contributed by atoms with Gasteiger partial charge in [-0.25, -0.2) is 4.90 Å². The number of methoxy groups -OCH3 is 1. The Morgan fingerprint density at radius 3 is 2.48 bits per heavy atom. The molecule has 3 rings (SSSR count). The van der Waals surface area contributed by atoms with Crippen molar-refractivity contribution in [2.45, 2.75) is 20.3 Å². The molecule has 27 heavy (non-hydrogen) atoms. The Kier molecular flexibility index (Phi) is 5.44. The van der Waals surface area contributed by atoms with E-state index in [0.717, 1.165) is 22.6 Å². The number of carbonyl (C=O) groups is 2. The summed E-state index contributed by atoms with van der Waals surface area (Å²) in [4.78, 5) is 26.7. The van der Waals surface area contributed by atoms with Crippen LogP contribution in [0.2, 0.25) is 5.02 Å². The Morgan fingerprint density at radius 1 is 1.11 bits per heavy atom. The first-order valence-electron chi connectivity index (χ1n) is 8.36. The van der Waals surface area contributed by atoms with Crippen molar-refractivity contribution in [1.82, 2.24) is 0 Å². The monoisotopic (exact) mass is 404 g/mol. The van der Waals surface area contributed by atoms with Crippen LogP contribution < -0.4 is 15.0 Å². The lowest BCUT2D eigenvalue weighted by Crippen LogP contribution is -2.32. The summed E-state index contributed by atoms with van der Waals surface area (Å²) in [5.74, 6) is -0.846. The second kappa shape index (κ2) is 7.62. The zero-order valence-corrected chi connectivity index (χ0v) is 16.6. The summed E-state index contributed by atoms with van der Waals surface area (Å²) in [5.41, 5.74) is 2.79. The lowest BCUT2D eigenvalue weighted by atomic mass is 10.1. The quantitative estimate of drug-likeness (QED) is 0.736. The van der Waals surface area contributed by atoms with Crippen molar-refractivity contribution in [3.63, 3.8) is 0 Å². The molecule has 5 nitrogen and oxygen atoms in total. The van der Waals surface area contributed by atoms with Gasteiger partial charge >= 0.3 is 0 Å². The molecule has 7 heteroatoms. The third kappa shape index (κ3) is 3.40. The van der Waals surface area contributed by atoms with Crippen LogP contribution in [0.4, 0.5) is 11.4 Å². The molecule has 140 valence electrons. The van der Waals surface area contributed by atoms with Crippen LogP contribution in [-0.2, 0) is 16.0 Å². The van der Waals surface area contributed by atoms with Gasteiger partial charge in [-0.3, -0.25) is 9.59 Å². The SMILES string of the molecule is CCc1ccccc1NC1=C(Cl)C(=O)N(c2cc(C)c(Cl)cc2OC)C1=O. The highest BCUT2D eigenvalue weighted by molar-refractivity contribution is 6.53. The van der Waals surface area contributed by atoms with Gasteiger partial charge in [-0.2, -0.15) is 0 Å². The predicted octanol–water partition coefficient (Wildman–Crippen LogP) is 4.66. The lowest BCUT2D eigenvalue weighted by molar-refractivity contribution is -0.120. The number of halogens is 2. The largest absolute Gasteiger partial charge is 0.494 e. The molecule has 0 atom stereocenters. The number of ether oxygens (including phenoxy) is 1. The van der Waals surface area contributed by atoms with Crippen molar-refractivity contribution >= 4 is 46.4 Å². The molecule has 0 aromatic heterocycles. The van der Waals surface area contributed by atoms with Gasteiger partial charge in [-0.1, -0.05) is 48.3 Å². The lowest BCUT2D eigenvalue weighted by Gasteiger charge is -2.19. The maximum Gasteiger partial charge on any atom is 0.283 e. The molecule has 0 saturated carbocycles. The summed E-state index contributed by atoms with van der Waals surface area (Å²) in [6, 6.07) is 10.7. The first-order valence-corrected chi connectivity index (χ1v) is 9.12. The molecule has 0 spiro atoms. The third-order valence-electron chi connectivity index (χ3n) is 4.39. The van der Waals surface area contributed by atoms with E-state index in [4.69, 9.17) is 27.9 Å². The fourth-order valence-corrected chi connectivity index (χ4v) is 3.27. The number of amides is 2. The number of nitrogens with zero attached hydrogens (tertiary/aromatic N) is 1. The highest BCUT2D eigenvalue weighted by Gasteiger charge is 2.40. The van der Waals surface area contributed by atoms with Gasteiger partial charge in [-0.05, 0) is 36.6 Å². The van der Waals surface area contributed by atoms with E-state index in [-0.39, 0.29) is 10.7 Å². The minimum Gasteiger partial charge on any atom is -0.494 e. The van der Waals surface area contributed by atoms with Gasteiger partial charge in [0.25, 0.3) is 11.8 Å². The standard InChI is InChI=1S/C20H18Cl2N2O3/c1-4-12-7-5-6-8-14(12)23-18-17(22)19(25)24(20(18)26)15-9-11(2)13(21)10-16(15)27-3/h5-10,23H,4H2,1-3H3. The number of anilines is 2. The minimum atomic E-state index is -0.613. The van der Waals surface area contributed by atoms with Crippen LogP contribution in [0, 0.1) is 6.92 Å². The molecule has 1 N–H and O–H groups in total. The Morgan fingerprint density at radius 2 is 1.81 bits per heavy atom. The summed E-state index contributed by atoms with van der Waals surface area (Å²) in [5, 5.41) is 3.33. The Labute approximate surface area is 167 Å². The minimum absolute atomic E-state index is 0.0391. The number of imide groups is 1. The molecule has 1 aliphatic rings. The van der Waals surface area contributed by atoms with Gasteiger partial charge in [0.15, 0.2) is 0 Å². The smallest absolute Gasteiger partial charge is 0.283 e. The zero-order valence-electron chi connectivity index (χ0n) is 15.1. The summed E-state index contributed by atoms with van der Waals surface area (Å²) in [7, 11) is 1.45. The number of rotatable bonds is 5. The molecule has 0 radical (unpaired) electrons. The van der Waals surface area contributed by atoms with Crippen molar-refractivity contribution < 1.29 is 14.3 Å². The maximum atomic E-state index is 13.0. The Bertz CT molecular complexity index is 970. The molecule has 0 saturated heterocycles. The van der Waals surface area contributed by atoms with Gasteiger partial charge in [-0.15, -0.1) is 0 Å². The number of carbonyl (C=O) groups excluding carboxylic acids is 2. The summed E-state index contributed by atoms with van der Waals surface area (Å²) in [6.07, 6.45) is 0.768. The maximum absolute atomic E-state index is 13.0. The molecule has 1 heterocycles. The summed E-state index contributed by atoms with van der Waals surface area (Å²) < 4.78 is 5.30. The van der Waals surface area contributed by atoms with E-state index in [0.29, 0.717) is 22.0 Å². The van der Waals surface area contributed by atoms with Crippen LogP contribution in [-0.4, -0.2) is 18.9 Å². The molecular weight excluding hydrogens is 387 g/mol. The van der Waals surface area contributed by atoms with E-state index >= 15 is 0 Å².